The van der Waals surface area contributed by atoms with Gasteiger partial charge in [0.2, 0.25) is 0 Å². The number of alkyl halides is 3. The number of carbonyl (C=O) groups is 1. The zero-order chi connectivity index (χ0) is 23.8. The molecular weight excluding hydrogens is 435 g/mol. The average molecular weight is 457 g/mol. The minimum absolute atomic E-state index is 0.123. The maximum absolute atomic E-state index is 13.2. The predicted molar refractivity (Wildman–Crippen MR) is 118 cm³/mol. The normalized spacial score (nSPS) is 14.9. The summed E-state index contributed by atoms with van der Waals surface area (Å²) < 4.78 is 39.5. The Morgan fingerprint density at radius 3 is 2.64 bits per heavy atom. The molecule has 33 heavy (non-hydrogen) atoms. The van der Waals surface area contributed by atoms with Gasteiger partial charge in [0.15, 0.2) is 0 Å². The largest absolute Gasteiger partial charge is 0.421 e. The fraction of sp³-hybridized carbons (Fsp3) is 0.304. The van der Waals surface area contributed by atoms with E-state index in [-0.39, 0.29) is 16.9 Å². The van der Waals surface area contributed by atoms with Crippen molar-refractivity contribution in [2.24, 2.45) is 0 Å². The molecule has 0 fully saturated rings. The molecule has 0 saturated heterocycles. The molecule has 2 N–H and O–H groups in total. The Morgan fingerprint density at radius 1 is 1.24 bits per heavy atom. The summed E-state index contributed by atoms with van der Waals surface area (Å²) in [5, 5.41) is 2.81. The lowest BCUT2D eigenvalue weighted by Crippen LogP contribution is -2.28. The lowest BCUT2D eigenvalue weighted by molar-refractivity contribution is -0.139. The zero-order valence-corrected chi connectivity index (χ0v) is 18.1. The van der Waals surface area contributed by atoms with E-state index in [9.17, 15) is 22.8 Å². The summed E-state index contributed by atoms with van der Waals surface area (Å²) in [5.74, 6) is -0.237. The highest BCUT2D eigenvalue weighted by molar-refractivity contribution is 5.92. The third-order valence-corrected chi connectivity index (χ3v) is 5.77. The number of hydrogen-bond acceptors (Lipinski definition) is 5. The minimum atomic E-state index is -4.72. The van der Waals surface area contributed by atoms with Gasteiger partial charge in [-0.2, -0.15) is 13.2 Å². The van der Waals surface area contributed by atoms with Crippen LogP contribution in [0.3, 0.4) is 0 Å². The Balaban J connectivity index is 1.49. The van der Waals surface area contributed by atoms with Gasteiger partial charge in [-0.1, -0.05) is 12.1 Å². The lowest BCUT2D eigenvalue weighted by atomic mass is 10.0. The summed E-state index contributed by atoms with van der Waals surface area (Å²) in [6.07, 6.45) is 1.21. The molecule has 0 spiro atoms. The van der Waals surface area contributed by atoms with E-state index in [1.165, 1.54) is 13.1 Å². The summed E-state index contributed by atoms with van der Waals surface area (Å²) in [5.41, 5.74) is 0.992. The molecule has 1 amide bonds. The molecule has 0 saturated carbocycles. The first kappa shape index (κ1) is 22.7. The van der Waals surface area contributed by atoms with Crippen LogP contribution in [0.1, 0.15) is 39.3 Å². The number of amides is 1. The smallest absolute Gasteiger partial charge is 0.354 e. The van der Waals surface area contributed by atoms with Gasteiger partial charge in [0.25, 0.3) is 11.5 Å². The van der Waals surface area contributed by atoms with Crippen LogP contribution in [0.4, 0.5) is 13.2 Å². The predicted octanol–water partition coefficient (Wildman–Crippen LogP) is 3.29. The second-order valence-corrected chi connectivity index (χ2v) is 7.90. The summed E-state index contributed by atoms with van der Waals surface area (Å²) in [6.45, 7) is 3.20. The molecule has 0 aliphatic carbocycles. The molecule has 0 atom stereocenters. The minimum Gasteiger partial charge on any atom is -0.354 e. The molecule has 172 valence electrons. The van der Waals surface area contributed by atoms with Crippen LogP contribution in [0.2, 0.25) is 0 Å². The SMILES string of the molecule is CNC(=O)c1ccc(C2=CCN(Cc3cc4[nH]c(=O)c(C(F)(F)F)c(C)c4cn3)CC2)cn1. The van der Waals surface area contributed by atoms with Gasteiger partial charge in [0, 0.05) is 44.5 Å². The molecule has 0 bridgehead atoms. The maximum atomic E-state index is 13.2. The Hall–Kier alpha value is -3.53. The van der Waals surface area contributed by atoms with E-state index < -0.39 is 17.3 Å². The average Bonchev–Trinajstić information content (AvgIpc) is 2.78. The number of nitrogens with one attached hydrogen (secondary N) is 2. The number of hydrogen-bond donors (Lipinski definition) is 2. The second-order valence-electron chi connectivity index (χ2n) is 7.90. The number of halogens is 3. The Morgan fingerprint density at radius 2 is 2.03 bits per heavy atom. The second kappa shape index (κ2) is 8.78. The maximum Gasteiger partial charge on any atom is 0.421 e. The van der Waals surface area contributed by atoms with E-state index in [1.54, 1.807) is 25.4 Å². The number of aryl methyl sites for hydroxylation is 1. The Bertz CT molecular complexity index is 1300. The topological polar surface area (TPSA) is 91.0 Å². The summed E-state index contributed by atoms with van der Waals surface area (Å²) in [4.78, 5) is 36.7. The number of rotatable bonds is 4. The number of aromatic nitrogens is 3. The molecule has 0 radical (unpaired) electrons. The molecule has 3 aromatic rings. The molecule has 1 aliphatic rings. The monoisotopic (exact) mass is 457 g/mol. The van der Waals surface area contributed by atoms with Crippen LogP contribution in [0.5, 0.6) is 0 Å². The van der Waals surface area contributed by atoms with Gasteiger partial charge in [-0.25, -0.2) is 0 Å². The lowest BCUT2D eigenvalue weighted by Gasteiger charge is -2.26. The number of H-pyrrole nitrogens is 1. The van der Waals surface area contributed by atoms with Gasteiger partial charge in [-0.3, -0.25) is 24.5 Å². The molecule has 4 rings (SSSR count). The van der Waals surface area contributed by atoms with Crippen molar-refractivity contribution in [3.05, 3.63) is 75.1 Å². The number of pyridine rings is 3. The standard InChI is InChI=1S/C23H22F3N5O2/c1-13-17-11-28-16(9-19(17)30-22(33)20(13)23(24,25)26)12-31-7-5-14(6-8-31)15-3-4-18(29-10-15)21(32)27-2/h3-5,9-11H,6-8,12H2,1-2H3,(H,27,32)(H,30,33). The number of carbonyl (C=O) groups excluding carboxylic acids is 1. The van der Waals surface area contributed by atoms with Crippen LogP contribution >= 0.6 is 0 Å². The highest BCUT2D eigenvalue weighted by Crippen LogP contribution is 2.31. The fourth-order valence-electron chi connectivity index (χ4n) is 4.01. The summed E-state index contributed by atoms with van der Waals surface area (Å²) in [7, 11) is 1.55. The number of fused-ring (bicyclic) bond motifs is 1. The fourth-order valence-corrected chi connectivity index (χ4v) is 4.01. The van der Waals surface area contributed by atoms with Crippen molar-refractivity contribution in [1.29, 1.82) is 0 Å². The Labute approximate surface area is 187 Å². The van der Waals surface area contributed by atoms with Crippen LogP contribution in [0.15, 0.2) is 41.5 Å². The van der Waals surface area contributed by atoms with Crippen molar-refractivity contribution >= 4 is 22.4 Å². The molecule has 1 aliphatic heterocycles. The van der Waals surface area contributed by atoms with Gasteiger partial charge < -0.3 is 10.3 Å². The summed E-state index contributed by atoms with van der Waals surface area (Å²) >= 11 is 0. The van der Waals surface area contributed by atoms with E-state index in [1.807, 2.05) is 6.07 Å². The van der Waals surface area contributed by atoms with E-state index in [0.717, 1.165) is 24.1 Å². The zero-order valence-electron chi connectivity index (χ0n) is 18.1. The number of aromatic amines is 1. The molecule has 7 nitrogen and oxygen atoms in total. The molecule has 3 aromatic heterocycles. The van der Waals surface area contributed by atoms with Crippen molar-refractivity contribution < 1.29 is 18.0 Å². The first-order chi connectivity index (χ1) is 15.7. The van der Waals surface area contributed by atoms with Crippen molar-refractivity contribution in [2.75, 3.05) is 20.1 Å². The molecule has 10 heteroatoms. The van der Waals surface area contributed by atoms with Crippen LogP contribution in [-0.2, 0) is 12.7 Å². The summed E-state index contributed by atoms with van der Waals surface area (Å²) in [6, 6.07) is 5.19. The van der Waals surface area contributed by atoms with Crippen LogP contribution in [-0.4, -0.2) is 45.9 Å². The highest BCUT2D eigenvalue weighted by atomic mass is 19.4. The van der Waals surface area contributed by atoms with E-state index in [2.05, 4.69) is 31.2 Å². The Kier molecular flexibility index (Phi) is 6.03. The van der Waals surface area contributed by atoms with Crippen molar-refractivity contribution in [3.8, 4) is 0 Å². The third kappa shape index (κ3) is 4.65. The van der Waals surface area contributed by atoms with Gasteiger partial charge in [0.1, 0.15) is 11.3 Å². The first-order valence-corrected chi connectivity index (χ1v) is 10.4. The van der Waals surface area contributed by atoms with Crippen LogP contribution in [0.25, 0.3) is 16.5 Å². The van der Waals surface area contributed by atoms with Gasteiger partial charge in [0.05, 0.1) is 11.2 Å². The van der Waals surface area contributed by atoms with Crippen LogP contribution in [0, 0.1) is 6.92 Å². The van der Waals surface area contributed by atoms with E-state index in [0.29, 0.717) is 30.0 Å². The molecule has 0 unspecified atom stereocenters. The number of nitrogens with zero attached hydrogens (tertiary/aromatic N) is 3. The van der Waals surface area contributed by atoms with Gasteiger partial charge in [-0.05, 0) is 42.2 Å². The van der Waals surface area contributed by atoms with Crippen molar-refractivity contribution in [2.45, 2.75) is 26.1 Å². The van der Waals surface area contributed by atoms with Crippen molar-refractivity contribution in [3.63, 3.8) is 0 Å². The highest BCUT2D eigenvalue weighted by Gasteiger charge is 2.36. The molecule has 0 aromatic carbocycles. The molecular formula is C23H22F3N5O2. The third-order valence-electron chi connectivity index (χ3n) is 5.77. The first-order valence-electron chi connectivity index (χ1n) is 10.4. The van der Waals surface area contributed by atoms with Gasteiger partial charge in [-0.15, -0.1) is 0 Å². The van der Waals surface area contributed by atoms with Gasteiger partial charge >= 0.3 is 6.18 Å². The van der Waals surface area contributed by atoms with Crippen LogP contribution < -0.4 is 10.9 Å². The molecule has 4 heterocycles. The van der Waals surface area contributed by atoms with Crippen molar-refractivity contribution in [1.82, 2.24) is 25.2 Å². The van der Waals surface area contributed by atoms with E-state index >= 15 is 0 Å². The quantitative estimate of drug-likeness (QED) is 0.628. The van der Waals surface area contributed by atoms with E-state index in [4.69, 9.17) is 0 Å².